The topological polar surface area (TPSA) is 83.5 Å². The molecule has 1 aromatic carbocycles. The standard InChI is InChI=1S/C24H41NO4S/c1-3-5-7-8-9-10-11-12-13-14-17-21-18-15-16-20-23(21)30(28,29)25-22(24(26)27)19-6-4-2/h15-16,18,20,22,25H,3-14,17,19H2,1-2H3,(H,26,27). The van der Waals surface area contributed by atoms with Crippen LogP contribution in [-0.4, -0.2) is 25.5 Å². The maximum atomic E-state index is 12.8. The molecule has 0 saturated carbocycles. The lowest BCUT2D eigenvalue weighted by Gasteiger charge is -2.16. The summed E-state index contributed by atoms with van der Waals surface area (Å²) < 4.78 is 28.1. The van der Waals surface area contributed by atoms with Crippen molar-refractivity contribution in [1.29, 1.82) is 0 Å². The van der Waals surface area contributed by atoms with Gasteiger partial charge in [-0.2, -0.15) is 4.72 Å². The van der Waals surface area contributed by atoms with Crippen molar-refractivity contribution in [3.05, 3.63) is 29.8 Å². The number of carboxylic acid groups (broad SMARTS) is 1. The minimum absolute atomic E-state index is 0.212. The molecular formula is C24H41NO4S. The van der Waals surface area contributed by atoms with Crippen molar-refractivity contribution < 1.29 is 18.3 Å². The third-order valence-corrected chi connectivity index (χ3v) is 7.08. The smallest absolute Gasteiger partial charge is 0.321 e. The summed E-state index contributed by atoms with van der Waals surface area (Å²) >= 11 is 0. The van der Waals surface area contributed by atoms with Crippen LogP contribution < -0.4 is 4.72 Å². The molecule has 0 heterocycles. The molecule has 30 heavy (non-hydrogen) atoms. The zero-order chi connectivity index (χ0) is 22.2. The van der Waals surface area contributed by atoms with Gasteiger partial charge in [-0.1, -0.05) is 103 Å². The van der Waals surface area contributed by atoms with Gasteiger partial charge >= 0.3 is 5.97 Å². The van der Waals surface area contributed by atoms with Gasteiger partial charge in [-0.3, -0.25) is 4.79 Å². The van der Waals surface area contributed by atoms with E-state index in [9.17, 15) is 18.3 Å². The summed E-state index contributed by atoms with van der Waals surface area (Å²) in [5.41, 5.74) is 0.768. The molecule has 172 valence electrons. The number of benzene rings is 1. The summed E-state index contributed by atoms with van der Waals surface area (Å²) in [6.45, 7) is 4.19. The van der Waals surface area contributed by atoms with Crippen LogP contribution in [0.4, 0.5) is 0 Å². The minimum Gasteiger partial charge on any atom is -0.480 e. The van der Waals surface area contributed by atoms with Gasteiger partial charge in [-0.25, -0.2) is 8.42 Å². The van der Waals surface area contributed by atoms with Crippen LogP contribution >= 0.6 is 0 Å². The summed E-state index contributed by atoms with van der Waals surface area (Å²) in [5, 5.41) is 9.36. The molecule has 1 aromatic rings. The Hall–Kier alpha value is -1.40. The van der Waals surface area contributed by atoms with Gasteiger partial charge in [0.05, 0.1) is 4.90 Å². The van der Waals surface area contributed by atoms with Crippen LogP contribution in [0.25, 0.3) is 0 Å². The third-order valence-electron chi connectivity index (χ3n) is 5.50. The van der Waals surface area contributed by atoms with E-state index in [0.717, 1.165) is 24.8 Å². The molecule has 0 radical (unpaired) electrons. The molecule has 6 heteroatoms. The van der Waals surface area contributed by atoms with E-state index in [2.05, 4.69) is 11.6 Å². The average Bonchev–Trinajstić information content (AvgIpc) is 2.72. The van der Waals surface area contributed by atoms with Crippen LogP contribution in [0.15, 0.2) is 29.2 Å². The van der Waals surface area contributed by atoms with Crippen molar-refractivity contribution in [2.45, 2.75) is 115 Å². The Morgan fingerprint density at radius 1 is 0.867 bits per heavy atom. The lowest BCUT2D eigenvalue weighted by atomic mass is 10.0. The Balaban J connectivity index is 2.51. The third kappa shape index (κ3) is 10.6. The minimum atomic E-state index is -3.86. The number of hydrogen-bond donors (Lipinski definition) is 2. The molecule has 1 unspecified atom stereocenters. The summed E-state index contributed by atoms with van der Waals surface area (Å²) in [4.78, 5) is 11.7. The lowest BCUT2D eigenvalue weighted by molar-refractivity contribution is -0.139. The first kappa shape index (κ1) is 26.6. The summed E-state index contributed by atoms with van der Waals surface area (Å²) in [7, 11) is -3.86. The van der Waals surface area contributed by atoms with Crippen LogP contribution in [0.5, 0.6) is 0 Å². The zero-order valence-electron chi connectivity index (χ0n) is 18.9. The number of hydrogen-bond acceptors (Lipinski definition) is 3. The van der Waals surface area contributed by atoms with Crippen molar-refractivity contribution in [2.75, 3.05) is 0 Å². The van der Waals surface area contributed by atoms with E-state index in [1.165, 1.54) is 51.4 Å². The SMILES string of the molecule is CCCCCCCCCCCCc1ccccc1S(=O)(=O)NC(CCCC)C(=O)O. The van der Waals surface area contributed by atoms with E-state index in [0.29, 0.717) is 19.3 Å². The predicted molar refractivity (Wildman–Crippen MR) is 123 cm³/mol. The fourth-order valence-electron chi connectivity index (χ4n) is 3.67. The number of sulfonamides is 1. The van der Waals surface area contributed by atoms with E-state index in [-0.39, 0.29) is 4.90 Å². The van der Waals surface area contributed by atoms with Gasteiger partial charge in [0.25, 0.3) is 0 Å². The van der Waals surface area contributed by atoms with Crippen molar-refractivity contribution in [1.82, 2.24) is 4.72 Å². The van der Waals surface area contributed by atoms with Crippen molar-refractivity contribution >= 4 is 16.0 Å². The Bertz CT molecular complexity index is 703. The quantitative estimate of drug-likeness (QED) is 0.272. The number of unbranched alkanes of at least 4 members (excludes halogenated alkanes) is 10. The second-order valence-electron chi connectivity index (χ2n) is 8.19. The Kier molecular flexibility index (Phi) is 13.7. The summed E-state index contributed by atoms with van der Waals surface area (Å²) in [5.74, 6) is -1.13. The van der Waals surface area contributed by atoms with E-state index in [1.807, 2.05) is 19.1 Å². The molecule has 5 nitrogen and oxygen atoms in total. The first-order chi connectivity index (χ1) is 14.4. The number of rotatable bonds is 18. The van der Waals surface area contributed by atoms with Crippen molar-refractivity contribution in [3.63, 3.8) is 0 Å². The van der Waals surface area contributed by atoms with Crippen molar-refractivity contribution in [3.8, 4) is 0 Å². The lowest BCUT2D eigenvalue weighted by Crippen LogP contribution is -2.40. The normalized spacial score (nSPS) is 12.7. The fourth-order valence-corrected chi connectivity index (χ4v) is 5.16. The molecule has 2 N–H and O–H groups in total. The number of carbonyl (C=O) groups is 1. The van der Waals surface area contributed by atoms with Gasteiger partial charge in [0, 0.05) is 0 Å². The molecule has 0 spiro atoms. The van der Waals surface area contributed by atoms with Gasteiger partial charge in [0.1, 0.15) is 6.04 Å². The highest BCUT2D eigenvalue weighted by molar-refractivity contribution is 7.89. The van der Waals surface area contributed by atoms with Crippen LogP contribution in [0.3, 0.4) is 0 Å². The Morgan fingerprint density at radius 2 is 1.40 bits per heavy atom. The highest BCUT2D eigenvalue weighted by Crippen LogP contribution is 2.20. The molecule has 0 aromatic heterocycles. The van der Waals surface area contributed by atoms with E-state index in [1.54, 1.807) is 12.1 Å². The van der Waals surface area contributed by atoms with Crippen LogP contribution in [0.2, 0.25) is 0 Å². The number of aliphatic carboxylic acids is 1. The van der Waals surface area contributed by atoms with E-state index < -0.39 is 22.0 Å². The first-order valence-corrected chi connectivity index (χ1v) is 13.2. The van der Waals surface area contributed by atoms with Gasteiger partial charge in [-0.05, 0) is 30.9 Å². The molecule has 0 bridgehead atoms. The molecule has 0 amide bonds. The molecule has 0 saturated heterocycles. The molecule has 1 rings (SSSR count). The number of nitrogens with one attached hydrogen (secondary N) is 1. The molecule has 0 aliphatic heterocycles. The summed E-state index contributed by atoms with van der Waals surface area (Å²) in [6.07, 6.45) is 14.8. The maximum absolute atomic E-state index is 12.8. The van der Waals surface area contributed by atoms with Gasteiger partial charge < -0.3 is 5.11 Å². The van der Waals surface area contributed by atoms with Gasteiger partial charge in [0.2, 0.25) is 10.0 Å². The van der Waals surface area contributed by atoms with Gasteiger partial charge in [-0.15, -0.1) is 0 Å². The highest BCUT2D eigenvalue weighted by Gasteiger charge is 2.26. The van der Waals surface area contributed by atoms with Crippen LogP contribution in [0.1, 0.15) is 103 Å². The fraction of sp³-hybridized carbons (Fsp3) is 0.708. The Labute approximate surface area is 183 Å². The van der Waals surface area contributed by atoms with Gasteiger partial charge in [0.15, 0.2) is 0 Å². The largest absolute Gasteiger partial charge is 0.480 e. The van der Waals surface area contributed by atoms with Crippen LogP contribution in [0, 0.1) is 0 Å². The molecule has 1 atom stereocenters. The molecule has 0 aliphatic rings. The predicted octanol–water partition coefficient (Wildman–Crippen LogP) is 6.07. The van der Waals surface area contributed by atoms with E-state index >= 15 is 0 Å². The summed E-state index contributed by atoms with van der Waals surface area (Å²) in [6, 6.07) is 5.87. The zero-order valence-corrected chi connectivity index (χ0v) is 19.7. The number of aryl methyl sites for hydroxylation is 1. The molecule has 0 fully saturated rings. The second kappa shape index (κ2) is 15.4. The second-order valence-corrected chi connectivity index (χ2v) is 9.88. The first-order valence-electron chi connectivity index (χ1n) is 11.8. The monoisotopic (exact) mass is 439 g/mol. The number of carboxylic acids is 1. The van der Waals surface area contributed by atoms with Crippen LogP contribution in [-0.2, 0) is 21.2 Å². The van der Waals surface area contributed by atoms with E-state index in [4.69, 9.17) is 0 Å². The highest BCUT2D eigenvalue weighted by atomic mass is 32.2. The van der Waals surface area contributed by atoms with Crippen molar-refractivity contribution in [2.24, 2.45) is 0 Å². The molecule has 0 aliphatic carbocycles. The molecular weight excluding hydrogens is 398 g/mol. The maximum Gasteiger partial charge on any atom is 0.321 e. The average molecular weight is 440 g/mol. The Morgan fingerprint density at radius 3 is 1.97 bits per heavy atom.